The Morgan fingerprint density at radius 1 is 1.30 bits per heavy atom. The van der Waals surface area contributed by atoms with Crippen LogP contribution < -0.4 is 0 Å². The molecule has 0 saturated carbocycles. The van der Waals surface area contributed by atoms with Crippen LogP contribution in [0.5, 0.6) is 0 Å². The SMILES string of the molecule is CN(C)Cc1ccccc1-n1ccnc1[C@@H]1CCCN1C(=O)OC(C)(C)C. The molecule has 1 amide bonds. The molecule has 1 aliphatic rings. The Hall–Kier alpha value is -2.34. The molecule has 6 nitrogen and oxygen atoms in total. The van der Waals surface area contributed by atoms with Gasteiger partial charge in [0.25, 0.3) is 0 Å². The molecule has 146 valence electrons. The second kappa shape index (κ2) is 7.72. The van der Waals surface area contributed by atoms with E-state index in [0.29, 0.717) is 6.54 Å². The van der Waals surface area contributed by atoms with Crippen LogP contribution in [0.25, 0.3) is 5.69 Å². The number of nitrogens with zero attached hydrogens (tertiary/aromatic N) is 4. The predicted octanol–water partition coefficient (Wildman–Crippen LogP) is 4.01. The molecule has 0 unspecified atom stereocenters. The minimum absolute atomic E-state index is 0.0673. The zero-order valence-electron chi connectivity index (χ0n) is 17.0. The highest BCUT2D eigenvalue weighted by molar-refractivity contribution is 5.69. The van der Waals surface area contributed by atoms with Crippen LogP contribution in [0.15, 0.2) is 36.7 Å². The van der Waals surface area contributed by atoms with Gasteiger partial charge in [-0.3, -0.25) is 4.90 Å². The molecule has 2 aromatic rings. The summed E-state index contributed by atoms with van der Waals surface area (Å²) in [5, 5.41) is 0. The van der Waals surface area contributed by atoms with Gasteiger partial charge in [-0.15, -0.1) is 0 Å². The van der Waals surface area contributed by atoms with E-state index in [4.69, 9.17) is 4.74 Å². The molecule has 0 spiro atoms. The second-order valence-corrected chi connectivity index (χ2v) is 8.35. The molecule has 0 aliphatic carbocycles. The lowest BCUT2D eigenvalue weighted by Gasteiger charge is -2.29. The van der Waals surface area contributed by atoms with Crippen molar-refractivity contribution in [3.63, 3.8) is 0 Å². The molecule has 1 aromatic carbocycles. The van der Waals surface area contributed by atoms with Crippen molar-refractivity contribution in [1.29, 1.82) is 0 Å². The summed E-state index contributed by atoms with van der Waals surface area (Å²) < 4.78 is 7.73. The topological polar surface area (TPSA) is 50.6 Å². The first kappa shape index (κ1) is 19.4. The van der Waals surface area contributed by atoms with Gasteiger partial charge in [0.1, 0.15) is 11.4 Å². The van der Waals surface area contributed by atoms with Gasteiger partial charge in [-0.1, -0.05) is 18.2 Å². The van der Waals surface area contributed by atoms with E-state index in [1.54, 1.807) is 0 Å². The molecular weight excluding hydrogens is 340 g/mol. The number of carbonyl (C=O) groups is 1. The number of benzene rings is 1. The average molecular weight is 370 g/mol. The molecule has 27 heavy (non-hydrogen) atoms. The number of rotatable bonds is 4. The summed E-state index contributed by atoms with van der Waals surface area (Å²) in [5.74, 6) is 0.893. The van der Waals surface area contributed by atoms with E-state index in [1.165, 1.54) is 5.56 Å². The van der Waals surface area contributed by atoms with Crippen molar-refractivity contribution >= 4 is 6.09 Å². The van der Waals surface area contributed by atoms with E-state index in [9.17, 15) is 4.79 Å². The maximum absolute atomic E-state index is 12.7. The Kier molecular flexibility index (Phi) is 5.56. The molecule has 1 fully saturated rings. The fraction of sp³-hybridized carbons (Fsp3) is 0.524. The summed E-state index contributed by atoms with van der Waals surface area (Å²) in [7, 11) is 4.12. The van der Waals surface area contributed by atoms with Gasteiger partial charge >= 0.3 is 6.09 Å². The number of hydrogen-bond acceptors (Lipinski definition) is 4. The Labute approximate surface area is 161 Å². The lowest BCUT2D eigenvalue weighted by atomic mass is 10.1. The lowest BCUT2D eigenvalue weighted by molar-refractivity contribution is 0.0217. The molecular formula is C21H30N4O2. The van der Waals surface area contributed by atoms with Crippen LogP contribution in [-0.2, 0) is 11.3 Å². The summed E-state index contributed by atoms with van der Waals surface area (Å²) in [5.41, 5.74) is 1.83. The van der Waals surface area contributed by atoms with E-state index in [0.717, 1.165) is 30.9 Å². The molecule has 1 aromatic heterocycles. The number of amides is 1. The third kappa shape index (κ3) is 4.50. The number of aromatic nitrogens is 2. The van der Waals surface area contributed by atoms with Crippen molar-refractivity contribution in [2.45, 2.75) is 51.8 Å². The minimum atomic E-state index is -0.502. The number of likely N-dealkylation sites (tertiary alicyclic amines) is 1. The van der Waals surface area contributed by atoms with E-state index in [-0.39, 0.29) is 12.1 Å². The van der Waals surface area contributed by atoms with Crippen molar-refractivity contribution in [3.8, 4) is 5.69 Å². The fourth-order valence-electron chi connectivity index (χ4n) is 3.56. The van der Waals surface area contributed by atoms with Crippen LogP contribution in [0.4, 0.5) is 4.79 Å². The number of carbonyl (C=O) groups excluding carboxylic acids is 1. The quantitative estimate of drug-likeness (QED) is 0.816. The highest BCUT2D eigenvalue weighted by Crippen LogP contribution is 2.34. The van der Waals surface area contributed by atoms with Gasteiger partial charge in [0.15, 0.2) is 0 Å². The maximum atomic E-state index is 12.7. The van der Waals surface area contributed by atoms with Gasteiger partial charge < -0.3 is 14.2 Å². The van der Waals surface area contributed by atoms with Gasteiger partial charge in [-0.05, 0) is 59.3 Å². The molecule has 1 aliphatic heterocycles. The van der Waals surface area contributed by atoms with Gasteiger partial charge in [0, 0.05) is 25.5 Å². The molecule has 3 rings (SSSR count). The number of imidazole rings is 1. The third-order valence-electron chi connectivity index (χ3n) is 4.59. The van der Waals surface area contributed by atoms with Gasteiger partial charge in [-0.25, -0.2) is 9.78 Å². The normalized spacial score (nSPS) is 17.6. The standard InChI is InChI=1S/C21H30N4O2/c1-21(2,3)27-20(26)25-13-8-11-18(25)19-22-12-14-24(19)17-10-7-6-9-16(17)15-23(4)5/h6-7,9-10,12,14,18H,8,11,13,15H2,1-5H3/t18-/m0/s1. The Morgan fingerprint density at radius 2 is 2.04 bits per heavy atom. The number of hydrogen-bond donors (Lipinski definition) is 0. The van der Waals surface area contributed by atoms with Gasteiger partial charge in [0.05, 0.1) is 11.7 Å². The monoisotopic (exact) mass is 370 g/mol. The molecule has 0 bridgehead atoms. The molecule has 0 N–H and O–H groups in total. The molecule has 0 radical (unpaired) electrons. The van der Waals surface area contributed by atoms with Crippen LogP contribution in [0.3, 0.4) is 0 Å². The van der Waals surface area contributed by atoms with E-state index in [2.05, 4.69) is 46.7 Å². The zero-order valence-corrected chi connectivity index (χ0v) is 17.0. The molecule has 6 heteroatoms. The fourth-order valence-corrected chi connectivity index (χ4v) is 3.56. The van der Waals surface area contributed by atoms with Crippen LogP contribution in [0.1, 0.15) is 51.0 Å². The van der Waals surface area contributed by atoms with Gasteiger partial charge in [0.2, 0.25) is 0 Å². The highest BCUT2D eigenvalue weighted by Gasteiger charge is 2.35. The summed E-state index contributed by atoms with van der Waals surface area (Å²) in [6.45, 7) is 7.23. The third-order valence-corrected chi connectivity index (χ3v) is 4.59. The van der Waals surface area contributed by atoms with Crippen LogP contribution in [0, 0.1) is 0 Å². The minimum Gasteiger partial charge on any atom is -0.444 e. The number of para-hydroxylation sites is 1. The van der Waals surface area contributed by atoms with Crippen molar-refractivity contribution < 1.29 is 9.53 Å². The first-order chi connectivity index (χ1) is 12.8. The van der Waals surface area contributed by atoms with Crippen molar-refractivity contribution in [1.82, 2.24) is 19.4 Å². The van der Waals surface area contributed by atoms with Gasteiger partial charge in [-0.2, -0.15) is 0 Å². The average Bonchev–Trinajstić information content (AvgIpc) is 3.22. The van der Waals surface area contributed by atoms with E-state index >= 15 is 0 Å². The zero-order chi connectivity index (χ0) is 19.6. The smallest absolute Gasteiger partial charge is 0.410 e. The highest BCUT2D eigenvalue weighted by atomic mass is 16.6. The molecule has 1 saturated heterocycles. The second-order valence-electron chi connectivity index (χ2n) is 8.35. The first-order valence-electron chi connectivity index (χ1n) is 9.52. The predicted molar refractivity (Wildman–Crippen MR) is 106 cm³/mol. The largest absolute Gasteiger partial charge is 0.444 e. The van der Waals surface area contributed by atoms with E-state index in [1.807, 2.05) is 44.1 Å². The van der Waals surface area contributed by atoms with Crippen LogP contribution in [-0.4, -0.2) is 51.7 Å². The Balaban J connectivity index is 1.92. The van der Waals surface area contributed by atoms with E-state index < -0.39 is 5.60 Å². The van der Waals surface area contributed by atoms with Crippen molar-refractivity contribution in [2.24, 2.45) is 0 Å². The maximum Gasteiger partial charge on any atom is 0.410 e. The summed E-state index contributed by atoms with van der Waals surface area (Å²) in [4.78, 5) is 21.3. The Bertz CT molecular complexity index is 791. The molecule has 2 heterocycles. The summed E-state index contributed by atoms with van der Waals surface area (Å²) in [6.07, 6.45) is 5.38. The van der Waals surface area contributed by atoms with Crippen LogP contribution >= 0.6 is 0 Å². The van der Waals surface area contributed by atoms with Crippen molar-refractivity contribution in [3.05, 3.63) is 48.0 Å². The lowest BCUT2D eigenvalue weighted by Crippen LogP contribution is -2.37. The summed E-state index contributed by atoms with van der Waals surface area (Å²) in [6, 6.07) is 8.28. The molecule has 1 atom stereocenters. The summed E-state index contributed by atoms with van der Waals surface area (Å²) >= 11 is 0. The first-order valence-corrected chi connectivity index (χ1v) is 9.52. The van der Waals surface area contributed by atoms with Crippen molar-refractivity contribution in [2.75, 3.05) is 20.6 Å². The van der Waals surface area contributed by atoms with Crippen LogP contribution in [0.2, 0.25) is 0 Å². The number of ether oxygens (including phenoxy) is 1. The Morgan fingerprint density at radius 3 is 2.74 bits per heavy atom.